The van der Waals surface area contributed by atoms with E-state index in [1.165, 1.54) is 11.3 Å². The van der Waals surface area contributed by atoms with Gasteiger partial charge in [0.05, 0.1) is 5.69 Å². The van der Waals surface area contributed by atoms with Crippen LogP contribution in [0.15, 0.2) is 52.3 Å². The Kier molecular flexibility index (Phi) is 4.65. The van der Waals surface area contributed by atoms with E-state index < -0.39 is 0 Å². The SMILES string of the molecule is CCN(C(=O)c1ccc2c(c1)OCO2)c1nc(-c2ccc(Br)cc2)cs1. The smallest absolute Gasteiger partial charge is 0.260 e. The molecule has 0 saturated heterocycles. The fourth-order valence-electron chi connectivity index (χ4n) is 2.69. The van der Waals surface area contributed by atoms with Gasteiger partial charge < -0.3 is 9.47 Å². The zero-order valence-electron chi connectivity index (χ0n) is 13.9. The second-order valence-corrected chi connectivity index (χ2v) is 7.39. The quantitative estimate of drug-likeness (QED) is 0.586. The van der Waals surface area contributed by atoms with Gasteiger partial charge in [-0.15, -0.1) is 11.3 Å². The van der Waals surface area contributed by atoms with E-state index in [4.69, 9.17) is 9.47 Å². The molecule has 26 heavy (non-hydrogen) atoms. The van der Waals surface area contributed by atoms with Gasteiger partial charge in [0.25, 0.3) is 5.91 Å². The van der Waals surface area contributed by atoms with Crippen LogP contribution in [0.25, 0.3) is 11.3 Å². The monoisotopic (exact) mass is 430 g/mol. The third-order valence-electron chi connectivity index (χ3n) is 4.04. The number of fused-ring (bicyclic) bond motifs is 1. The Labute approximate surface area is 163 Å². The molecule has 1 aliphatic rings. The Bertz CT molecular complexity index is 956. The van der Waals surface area contributed by atoms with Crippen molar-refractivity contribution >= 4 is 38.3 Å². The second kappa shape index (κ2) is 7.09. The van der Waals surface area contributed by atoms with Crippen LogP contribution in [-0.2, 0) is 0 Å². The van der Waals surface area contributed by atoms with Gasteiger partial charge in [-0.05, 0) is 37.3 Å². The number of hydrogen-bond acceptors (Lipinski definition) is 5. The number of rotatable bonds is 4. The fourth-order valence-corrected chi connectivity index (χ4v) is 3.85. The Morgan fingerprint density at radius 3 is 2.73 bits per heavy atom. The number of aromatic nitrogens is 1. The van der Waals surface area contributed by atoms with Gasteiger partial charge in [-0.25, -0.2) is 4.98 Å². The first kappa shape index (κ1) is 17.1. The highest BCUT2D eigenvalue weighted by atomic mass is 79.9. The molecule has 2 aromatic carbocycles. The molecule has 0 aliphatic carbocycles. The largest absolute Gasteiger partial charge is 0.454 e. The second-order valence-electron chi connectivity index (χ2n) is 5.64. The maximum atomic E-state index is 13.0. The Morgan fingerprint density at radius 2 is 1.96 bits per heavy atom. The third-order valence-corrected chi connectivity index (χ3v) is 5.44. The van der Waals surface area contributed by atoms with E-state index in [1.54, 1.807) is 23.1 Å². The molecule has 5 nitrogen and oxygen atoms in total. The molecule has 0 N–H and O–H groups in total. The normalized spacial score (nSPS) is 12.2. The van der Waals surface area contributed by atoms with Crippen LogP contribution in [0.5, 0.6) is 11.5 Å². The molecule has 132 valence electrons. The van der Waals surface area contributed by atoms with Crippen LogP contribution < -0.4 is 14.4 Å². The summed E-state index contributed by atoms with van der Waals surface area (Å²) in [5, 5.41) is 2.64. The van der Waals surface area contributed by atoms with Crippen molar-refractivity contribution in [1.29, 1.82) is 0 Å². The molecule has 7 heteroatoms. The summed E-state index contributed by atoms with van der Waals surface area (Å²) in [7, 11) is 0. The molecule has 1 aromatic heterocycles. The molecule has 1 amide bonds. The van der Waals surface area contributed by atoms with E-state index in [0.717, 1.165) is 15.7 Å². The molecule has 0 atom stereocenters. The summed E-state index contributed by atoms with van der Waals surface area (Å²) in [6, 6.07) is 13.2. The summed E-state index contributed by atoms with van der Waals surface area (Å²) < 4.78 is 11.7. The lowest BCUT2D eigenvalue weighted by molar-refractivity contribution is 0.0988. The van der Waals surface area contributed by atoms with Crippen molar-refractivity contribution in [2.45, 2.75) is 6.92 Å². The number of amides is 1. The molecule has 1 aliphatic heterocycles. The lowest BCUT2D eigenvalue weighted by atomic mass is 10.2. The maximum absolute atomic E-state index is 13.0. The summed E-state index contributed by atoms with van der Waals surface area (Å²) in [6.07, 6.45) is 0. The van der Waals surface area contributed by atoms with Crippen LogP contribution in [0.1, 0.15) is 17.3 Å². The van der Waals surface area contributed by atoms with Crippen molar-refractivity contribution in [3.63, 3.8) is 0 Å². The van der Waals surface area contributed by atoms with Gasteiger partial charge in [0.1, 0.15) is 0 Å². The summed E-state index contributed by atoms with van der Waals surface area (Å²) in [4.78, 5) is 19.3. The predicted octanol–water partition coefficient (Wildman–Crippen LogP) is 4.97. The summed E-state index contributed by atoms with van der Waals surface area (Å²) in [5.74, 6) is 1.15. The van der Waals surface area contributed by atoms with Gasteiger partial charge in [0, 0.05) is 27.5 Å². The van der Waals surface area contributed by atoms with Crippen LogP contribution >= 0.6 is 27.3 Å². The van der Waals surface area contributed by atoms with Crippen molar-refractivity contribution in [3.05, 3.63) is 57.9 Å². The van der Waals surface area contributed by atoms with E-state index >= 15 is 0 Å². The minimum atomic E-state index is -0.109. The lowest BCUT2D eigenvalue weighted by Crippen LogP contribution is -2.30. The van der Waals surface area contributed by atoms with Crippen LogP contribution in [0.3, 0.4) is 0 Å². The molecule has 0 unspecified atom stereocenters. The third kappa shape index (κ3) is 3.20. The highest BCUT2D eigenvalue weighted by Crippen LogP contribution is 2.34. The van der Waals surface area contributed by atoms with Crippen LogP contribution in [0.4, 0.5) is 5.13 Å². The van der Waals surface area contributed by atoms with E-state index in [1.807, 2.05) is 36.6 Å². The number of carbonyl (C=O) groups is 1. The predicted molar refractivity (Wildman–Crippen MR) is 105 cm³/mol. The number of halogens is 1. The van der Waals surface area contributed by atoms with Crippen molar-refractivity contribution in [2.24, 2.45) is 0 Å². The summed E-state index contributed by atoms with van der Waals surface area (Å²) in [5.41, 5.74) is 2.42. The number of hydrogen-bond donors (Lipinski definition) is 0. The average molecular weight is 431 g/mol. The van der Waals surface area contributed by atoms with Crippen molar-refractivity contribution < 1.29 is 14.3 Å². The highest BCUT2D eigenvalue weighted by Gasteiger charge is 2.22. The number of nitrogens with zero attached hydrogens (tertiary/aromatic N) is 2. The van der Waals surface area contributed by atoms with Crippen LogP contribution in [0, 0.1) is 0 Å². The minimum absolute atomic E-state index is 0.109. The molecule has 0 fully saturated rings. The summed E-state index contributed by atoms with van der Waals surface area (Å²) in [6.45, 7) is 2.65. The van der Waals surface area contributed by atoms with Gasteiger partial charge >= 0.3 is 0 Å². The molecular weight excluding hydrogens is 416 g/mol. The molecule has 0 saturated carbocycles. The number of anilines is 1. The molecule has 0 spiro atoms. The van der Waals surface area contributed by atoms with Gasteiger partial charge in [0.15, 0.2) is 16.6 Å². The van der Waals surface area contributed by atoms with Gasteiger partial charge in [-0.1, -0.05) is 28.1 Å². The molecule has 0 radical (unpaired) electrons. The molecule has 0 bridgehead atoms. The fraction of sp³-hybridized carbons (Fsp3) is 0.158. The lowest BCUT2D eigenvalue weighted by Gasteiger charge is -2.17. The summed E-state index contributed by atoms with van der Waals surface area (Å²) >= 11 is 4.89. The number of carbonyl (C=O) groups excluding carboxylic acids is 1. The van der Waals surface area contributed by atoms with E-state index in [9.17, 15) is 4.79 Å². The number of thiazole rings is 1. The van der Waals surface area contributed by atoms with Crippen LogP contribution in [0.2, 0.25) is 0 Å². The number of benzene rings is 2. The molecular formula is C19H15BrN2O3S. The van der Waals surface area contributed by atoms with Gasteiger partial charge in [0.2, 0.25) is 6.79 Å². The molecule has 3 aromatic rings. The molecule has 2 heterocycles. The van der Waals surface area contributed by atoms with Crippen molar-refractivity contribution in [1.82, 2.24) is 4.98 Å². The maximum Gasteiger partial charge on any atom is 0.260 e. The Hall–Kier alpha value is -2.38. The van der Waals surface area contributed by atoms with Crippen molar-refractivity contribution in [3.8, 4) is 22.8 Å². The molecule has 4 rings (SSSR count). The first-order valence-corrected chi connectivity index (χ1v) is 9.76. The van der Waals surface area contributed by atoms with Gasteiger partial charge in [-0.3, -0.25) is 9.69 Å². The van der Waals surface area contributed by atoms with Crippen molar-refractivity contribution in [2.75, 3.05) is 18.2 Å². The van der Waals surface area contributed by atoms with E-state index in [2.05, 4.69) is 20.9 Å². The minimum Gasteiger partial charge on any atom is -0.454 e. The first-order chi connectivity index (χ1) is 12.7. The van der Waals surface area contributed by atoms with E-state index in [-0.39, 0.29) is 12.7 Å². The Morgan fingerprint density at radius 1 is 1.19 bits per heavy atom. The zero-order chi connectivity index (χ0) is 18.1. The Balaban J connectivity index is 1.61. The van der Waals surface area contributed by atoms with E-state index in [0.29, 0.717) is 28.7 Å². The zero-order valence-corrected chi connectivity index (χ0v) is 16.3. The standard InChI is InChI=1S/C19H15BrN2O3S/c1-2-22(18(23)13-5-8-16-17(9-13)25-11-24-16)19-21-15(10-26-19)12-3-6-14(20)7-4-12/h3-10H,2,11H2,1H3. The van der Waals surface area contributed by atoms with Gasteiger partial charge in [-0.2, -0.15) is 0 Å². The average Bonchev–Trinajstić information content (AvgIpc) is 3.31. The topological polar surface area (TPSA) is 51.7 Å². The number of ether oxygens (including phenoxy) is 2. The first-order valence-electron chi connectivity index (χ1n) is 8.08. The highest BCUT2D eigenvalue weighted by molar-refractivity contribution is 9.10. The van der Waals surface area contributed by atoms with Crippen LogP contribution in [-0.4, -0.2) is 24.2 Å².